The second kappa shape index (κ2) is 4.58. The highest BCUT2D eigenvalue weighted by molar-refractivity contribution is 9.10. The molecule has 3 aromatic rings. The first-order valence-corrected chi connectivity index (χ1v) is 6.80. The Kier molecular flexibility index (Phi) is 2.92. The fraction of sp³-hybridized carbons (Fsp3) is 0.133. The highest BCUT2D eigenvalue weighted by Crippen LogP contribution is 2.26. The average molecular weight is 301 g/mol. The summed E-state index contributed by atoms with van der Waals surface area (Å²) in [5.74, 6) is 1.03. The van der Waals surface area contributed by atoms with Crippen LogP contribution in [0.3, 0.4) is 0 Å². The molecule has 0 spiro atoms. The van der Waals surface area contributed by atoms with Gasteiger partial charge in [-0.05, 0) is 31.2 Å². The number of fused-ring (bicyclic) bond motifs is 1. The van der Waals surface area contributed by atoms with Crippen molar-refractivity contribution in [3.8, 4) is 11.4 Å². The van der Waals surface area contributed by atoms with Gasteiger partial charge in [-0.3, -0.25) is 0 Å². The highest BCUT2D eigenvalue weighted by Gasteiger charge is 2.10. The van der Waals surface area contributed by atoms with Crippen LogP contribution in [0.4, 0.5) is 0 Å². The van der Waals surface area contributed by atoms with E-state index in [-0.39, 0.29) is 0 Å². The molecule has 1 heterocycles. The number of rotatable bonds is 2. The fourth-order valence-electron chi connectivity index (χ4n) is 2.24. The van der Waals surface area contributed by atoms with E-state index in [4.69, 9.17) is 4.98 Å². The van der Waals surface area contributed by atoms with Crippen molar-refractivity contribution in [1.29, 1.82) is 0 Å². The molecule has 90 valence electrons. The molecule has 0 atom stereocenters. The van der Waals surface area contributed by atoms with Crippen molar-refractivity contribution in [2.24, 2.45) is 0 Å². The van der Waals surface area contributed by atoms with E-state index < -0.39 is 0 Å². The van der Waals surface area contributed by atoms with Gasteiger partial charge in [-0.25, -0.2) is 4.98 Å². The zero-order valence-electron chi connectivity index (χ0n) is 10.1. The molecule has 0 saturated heterocycles. The molecule has 2 nitrogen and oxygen atoms in total. The van der Waals surface area contributed by atoms with Crippen molar-refractivity contribution >= 4 is 27.0 Å². The third-order valence-corrected chi connectivity index (χ3v) is 3.55. The number of aromatic nitrogens is 2. The van der Waals surface area contributed by atoms with Gasteiger partial charge in [-0.1, -0.05) is 40.2 Å². The molecule has 0 fully saturated rings. The molecule has 2 aromatic carbocycles. The van der Waals surface area contributed by atoms with Gasteiger partial charge in [0.1, 0.15) is 5.82 Å². The normalized spacial score (nSPS) is 11.0. The number of hydrogen-bond donors (Lipinski definition) is 0. The lowest BCUT2D eigenvalue weighted by Crippen LogP contribution is -1.97. The monoisotopic (exact) mass is 300 g/mol. The van der Waals surface area contributed by atoms with Crippen LogP contribution in [0.25, 0.3) is 22.4 Å². The zero-order chi connectivity index (χ0) is 12.5. The Labute approximate surface area is 114 Å². The maximum absolute atomic E-state index is 4.74. The molecule has 0 unspecified atom stereocenters. The first-order chi connectivity index (χ1) is 8.79. The molecular formula is C15H13BrN2. The van der Waals surface area contributed by atoms with Crippen LogP contribution < -0.4 is 0 Å². The van der Waals surface area contributed by atoms with Crippen molar-refractivity contribution in [2.45, 2.75) is 13.5 Å². The lowest BCUT2D eigenvalue weighted by molar-refractivity contribution is 0.796. The minimum atomic E-state index is 0.919. The third-order valence-electron chi connectivity index (χ3n) is 3.05. The van der Waals surface area contributed by atoms with Crippen molar-refractivity contribution in [3.63, 3.8) is 0 Å². The first-order valence-electron chi connectivity index (χ1n) is 6.01. The molecule has 0 bridgehead atoms. The van der Waals surface area contributed by atoms with E-state index in [0.29, 0.717) is 0 Å². The van der Waals surface area contributed by atoms with Crippen molar-refractivity contribution in [3.05, 3.63) is 53.0 Å². The Balaban J connectivity index is 2.28. The Bertz CT molecular complexity index is 701. The first kappa shape index (κ1) is 11.5. The van der Waals surface area contributed by atoms with E-state index in [1.165, 1.54) is 5.52 Å². The van der Waals surface area contributed by atoms with Crippen LogP contribution in [0, 0.1) is 0 Å². The van der Waals surface area contributed by atoms with Gasteiger partial charge in [0, 0.05) is 16.6 Å². The average Bonchev–Trinajstić information content (AvgIpc) is 2.77. The van der Waals surface area contributed by atoms with Gasteiger partial charge in [0.2, 0.25) is 0 Å². The molecule has 3 rings (SSSR count). The summed E-state index contributed by atoms with van der Waals surface area (Å²) >= 11 is 3.51. The summed E-state index contributed by atoms with van der Waals surface area (Å²) in [4.78, 5) is 4.74. The van der Waals surface area contributed by atoms with Gasteiger partial charge in [0.05, 0.1) is 11.0 Å². The van der Waals surface area contributed by atoms with E-state index in [1.54, 1.807) is 0 Å². The maximum Gasteiger partial charge on any atom is 0.141 e. The second-order valence-corrected chi connectivity index (χ2v) is 5.09. The molecule has 3 heteroatoms. The molecule has 1 aromatic heterocycles. The molecule has 0 N–H and O–H groups in total. The van der Waals surface area contributed by atoms with Crippen LogP contribution >= 0.6 is 15.9 Å². The van der Waals surface area contributed by atoms with Crippen molar-refractivity contribution in [2.75, 3.05) is 0 Å². The maximum atomic E-state index is 4.74. The lowest BCUT2D eigenvalue weighted by atomic mass is 10.2. The van der Waals surface area contributed by atoms with Crippen LogP contribution in [0.1, 0.15) is 6.92 Å². The predicted octanol–water partition coefficient (Wildman–Crippen LogP) is 4.49. The van der Waals surface area contributed by atoms with Crippen LogP contribution in [-0.4, -0.2) is 9.55 Å². The summed E-state index contributed by atoms with van der Waals surface area (Å²) in [6, 6.07) is 16.5. The van der Waals surface area contributed by atoms with Gasteiger partial charge in [0.15, 0.2) is 0 Å². The minimum absolute atomic E-state index is 0.919. The molecule has 0 radical (unpaired) electrons. The van der Waals surface area contributed by atoms with Gasteiger partial charge in [0.25, 0.3) is 0 Å². The molecular weight excluding hydrogens is 288 g/mol. The SMILES string of the molecule is CCn1c(-c2cccc(Br)c2)nc2ccccc21. The molecule has 0 aliphatic carbocycles. The summed E-state index contributed by atoms with van der Waals surface area (Å²) in [6.45, 7) is 3.07. The Hall–Kier alpha value is -1.61. The molecule has 0 aliphatic heterocycles. The fourth-order valence-corrected chi connectivity index (χ4v) is 2.64. The zero-order valence-corrected chi connectivity index (χ0v) is 11.7. The van der Waals surface area contributed by atoms with Crippen molar-refractivity contribution in [1.82, 2.24) is 9.55 Å². The van der Waals surface area contributed by atoms with E-state index in [2.05, 4.69) is 57.8 Å². The number of nitrogens with zero attached hydrogens (tertiary/aromatic N) is 2. The van der Waals surface area contributed by atoms with E-state index in [0.717, 1.165) is 27.9 Å². The van der Waals surface area contributed by atoms with Gasteiger partial charge >= 0.3 is 0 Å². The Morgan fingerprint density at radius 2 is 1.94 bits per heavy atom. The third kappa shape index (κ3) is 1.85. The van der Waals surface area contributed by atoms with Gasteiger partial charge < -0.3 is 4.57 Å². The molecule has 0 amide bonds. The number of hydrogen-bond acceptors (Lipinski definition) is 1. The van der Waals surface area contributed by atoms with E-state index in [1.807, 2.05) is 18.2 Å². The van der Waals surface area contributed by atoms with Crippen LogP contribution in [-0.2, 0) is 6.54 Å². The molecule has 0 aliphatic rings. The highest BCUT2D eigenvalue weighted by atomic mass is 79.9. The number of para-hydroxylation sites is 2. The number of aryl methyl sites for hydroxylation is 1. The Morgan fingerprint density at radius 1 is 1.11 bits per heavy atom. The van der Waals surface area contributed by atoms with Crippen molar-refractivity contribution < 1.29 is 0 Å². The number of halogens is 1. The van der Waals surface area contributed by atoms with Gasteiger partial charge in [-0.2, -0.15) is 0 Å². The summed E-state index contributed by atoms with van der Waals surface area (Å²) in [5.41, 5.74) is 3.38. The quantitative estimate of drug-likeness (QED) is 0.682. The van der Waals surface area contributed by atoms with Crippen LogP contribution in [0.5, 0.6) is 0 Å². The van der Waals surface area contributed by atoms with E-state index in [9.17, 15) is 0 Å². The summed E-state index contributed by atoms with van der Waals surface area (Å²) in [7, 11) is 0. The number of imidazole rings is 1. The Morgan fingerprint density at radius 3 is 2.72 bits per heavy atom. The largest absolute Gasteiger partial charge is 0.324 e. The summed E-state index contributed by atoms with van der Waals surface area (Å²) < 4.78 is 3.33. The van der Waals surface area contributed by atoms with E-state index >= 15 is 0 Å². The standard InChI is InChI=1S/C15H13BrN2/c1-2-18-14-9-4-3-8-13(14)17-15(18)11-6-5-7-12(16)10-11/h3-10H,2H2,1H3. The van der Waals surface area contributed by atoms with Crippen LogP contribution in [0.2, 0.25) is 0 Å². The lowest BCUT2D eigenvalue weighted by Gasteiger charge is -2.06. The number of benzene rings is 2. The molecule has 0 saturated carbocycles. The van der Waals surface area contributed by atoms with Gasteiger partial charge in [-0.15, -0.1) is 0 Å². The topological polar surface area (TPSA) is 17.8 Å². The summed E-state index contributed by atoms with van der Waals surface area (Å²) in [6.07, 6.45) is 0. The molecule has 18 heavy (non-hydrogen) atoms. The second-order valence-electron chi connectivity index (χ2n) is 4.18. The summed E-state index contributed by atoms with van der Waals surface area (Å²) in [5, 5.41) is 0. The minimum Gasteiger partial charge on any atom is -0.324 e. The predicted molar refractivity (Wildman–Crippen MR) is 78.5 cm³/mol. The van der Waals surface area contributed by atoms with Crippen LogP contribution in [0.15, 0.2) is 53.0 Å². The smallest absolute Gasteiger partial charge is 0.141 e.